The Morgan fingerprint density at radius 1 is 1.21 bits per heavy atom. The zero-order valence-electron chi connectivity index (χ0n) is 19.6. The number of aromatic nitrogens is 5. The van der Waals surface area contributed by atoms with Gasteiger partial charge in [-0.3, -0.25) is 4.90 Å². The Bertz CT molecular complexity index is 1280. The smallest absolute Gasteiger partial charge is 0.229 e. The number of likely N-dealkylation sites (tertiary alicyclic amines) is 1. The van der Waals surface area contributed by atoms with Crippen LogP contribution in [0.5, 0.6) is 0 Å². The fraction of sp³-hybridized carbons (Fsp3) is 0.417. The Morgan fingerprint density at radius 2 is 2.03 bits per heavy atom. The van der Waals surface area contributed by atoms with Crippen LogP contribution < -0.4 is 10.6 Å². The Labute approximate surface area is 197 Å². The highest BCUT2D eigenvalue weighted by Gasteiger charge is 2.20. The largest absolute Gasteiger partial charge is 0.339 e. The molecule has 0 unspecified atom stereocenters. The molecule has 10 heteroatoms. The number of benzene rings is 1. The summed E-state index contributed by atoms with van der Waals surface area (Å²) < 4.78 is 21.6. The average Bonchev–Trinajstić information content (AvgIpc) is 3.48. The third-order valence-corrected chi connectivity index (χ3v) is 6.28. The van der Waals surface area contributed by atoms with Crippen LogP contribution in [0.3, 0.4) is 0 Å². The summed E-state index contributed by atoms with van der Waals surface area (Å²) in [5.74, 6) is 1.19. The van der Waals surface area contributed by atoms with Crippen molar-refractivity contribution in [2.75, 3.05) is 25.5 Å². The number of nitrogens with zero attached hydrogens (tertiary/aromatic N) is 6. The van der Waals surface area contributed by atoms with Gasteiger partial charge in [0.2, 0.25) is 11.7 Å². The molecule has 1 fully saturated rings. The summed E-state index contributed by atoms with van der Waals surface area (Å²) in [5, 5.41) is 15.0. The Balaban J connectivity index is 1.42. The summed E-state index contributed by atoms with van der Waals surface area (Å²) in [5.41, 5.74) is 3.09. The standard InChI is InChI=1S/C24H29FN8O/c1-15(2)24-30-22(31-34-24)17-10-18(25)12-20(11-17)29-23-21-16(4-9-33(21)28-14-27-23)13-32-7-5-19(26-3)6-8-32/h4,9-12,14-15,19,26H,5-8,13H2,1-3H3,(H,27,28,29). The molecule has 1 aromatic carbocycles. The third-order valence-electron chi connectivity index (χ3n) is 6.28. The first-order valence-corrected chi connectivity index (χ1v) is 11.6. The molecule has 0 saturated carbocycles. The predicted molar refractivity (Wildman–Crippen MR) is 127 cm³/mol. The maximum absolute atomic E-state index is 14.5. The van der Waals surface area contributed by atoms with Crippen LogP contribution in [0.15, 0.2) is 41.3 Å². The molecular formula is C24H29FN8O. The van der Waals surface area contributed by atoms with Crippen molar-refractivity contribution in [1.29, 1.82) is 0 Å². The molecule has 34 heavy (non-hydrogen) atoms. The van der Waals surface area contributed by atoms with E-state index in [1.807, 2.05) is 27.1 Å². The molecule has 0 bridgehead atoms. The summed E-state index contributed by atoms with van der Waals surface area (Å²) >= 11 is 0. The highest BCUT2D eigenvalue weighted by Crippen LogP contribution is 2.28. The van der Waals surface area contributed by atoms with E-state index in [-0.39, 0.29) is 5.92 Å². The first-order valence-electron chi connectivity index (χ1n) is 11.6. The SMILES string of the molecule is CNC1CCN(Cc2ccn3ncnc(Nc4cc(F)cc(-c5noc(C(C)C)n5)c4)c23)CC1. The number of hydrogen-bond acceptors (Lipinski definition) is 8. The van der Waals surface area contributed by atoms with Gasteiger partial charge in [0.15, 0.2) is 5.82 Å². The molecule has 9 nitrogen and oxygen atoms in total. The van der Waals surface area contributed by atoms with Crippen molar-refractivity contribution in [3.8, 4) is 11.4 Å². The lowest BCUT2D eigenvalue weighted by atomic mass is 10.0. The molecule has 2 N–H and O–H groups in total. The topological polar surface area (TPSA) is 96.4 Å². The lowest BCUT2D eigenvalue weighted by Gasteiger charge is -2.31. The Kier molecular flexibility index (Phi) is 6.25. The minimum absolute atomic E-state index is 0.0959. The summed E-state index contributed by atoms with van der Waals surface area (Å²) in [6.07, 6.45) is 5.68. The Hall–Kier alpha value is -3.37. The van der Waals surface area contributed by atoms with Crippen LogP contribution in [0.2, 0.25) is 0 Å². The number of piperidine rings is 1. The van der Waals surface area contributed by atoms with Crippen LogP contribution in [-0.4, -0.2) is 55.8 Å². The van der Waals surface area contributed by atoms with Crippen LogP contribution in [0, 0.1) is 5.82 Å². The van der Waals surface area contributed by atoms with Gasteiger partial charge in [-0.05, 0) is 62.8 Å². The molecule has 3 aromatic heterocycles. The lowest BCUT2D eigenvalue weighted by Crippen LogP contribution is -2.40. The minimum atomic E-state index is -0.399. The maximum Gasteiger partial charge on any atom is 0.229 e. The van der Waals surface area contributed by atoms with Gasteiger partial charge in [0.05, 0.1) is 0 Å². The molecule has 1 aliphatic rings. The minimum Gasteiger partial charge on any atom is -0.339 e. The molecule has 0 radical (unpaired) electrons. The second kappa shape index (κ2) is 9.47. The highest BCUT2D eigenvalue weighted by molar-refractivity contribution is 5.77. The van der Waals surface area contributed by atoms with Crippen molar-refractivity contribution in [1.82, 2.24) is 35.0 Å². The lowest BCUT2D eigenvalue weighted by molar-refractivity contribution is 0.195. The number of rotatable bonds is 7. The normalized spacial score (nSPS) is 15.4. The molecule has 1 saturated heterocycles. The van der Waals surface area contributed by atoms with Crippen molar-refractivity contribution < 1.29 is 8.91 Å². The Morgan fingerprint density at radius 3 is 2.76 bits per heavy atom. The molecule has 5 rings (SSSR count). The second-order valence-electron chi connectivity index (χ2n) is 9.05. The molecule has 178 valence electrons. The van der Waals surface area contributed by atoms with Crippen LogP contribution in [0.25, 0.3) is 16.9 Å². The fourth-order valence-electron chi connectivity index (χ4n) is 4.37. The zero-order chi connectivity index (χ0) is 23.7. The van der Waals surface area contributed by atoms with E-state index < -0.39 is 5.82 Å². The molecule has 1 aliphatic heterocycles. The van der Waals surface area contributed by atoms with Crippen LogP contribution >= 0.6 is 0 Å². The quantitative estimate of drug-likeness (QED) is 0.424. The molecular weight excluding hydrogens is 435 g/mol. The number of halogens is 1. The molecule has 0 aliphatic carbocycles. The third kappa shape index (κ3) is 4.64. The van der Waals surface area contributed by atoms with E-state index in [0.717, 1.165) is 43.6 Å². The second-order valence-corrected chi connectivity index (χ2v) is 9.05. The van der Waals surface area contributed by atoms with Gasteiger partial charge < -0.3 is 15.2 Å². The summed E-state index contributed by atoms with van der Waals surface area (Å²) in [7, 11) is 2.02. The van der Waals surface area contributed by atoms with Crippen LogP contribution in [0.1, 0.15) is 44.1 Å². The monoisotopic (exact) mass is 464 g/mol. The molecule has 4 aromatic rings. The van der Waals surface area contributed by atoms with Crippen molar-refractivity contribution in [2.24, 2.45) is 0 Å². The van der Waals surface area contributed by atoms with Crippen LogP contribution in [0.4, 0.5) is 15.9 Å². The van der Waals surface area contributed by atoms with E-state index >= 15 is 0 Å². The van der Waals surface area contributed by atoms with Crippen molar-refractivity contribution in [3.63, 3.8) is 0 Å². The van der Waals surface area contributed by atoms with Crippen LogP contribution in [-0.2, 0) is 6.54 Å². The van der Waals surface area contributed by atoms with Gasteiger partial charge in [-0.25, -0.2) is 13.9 Å². The van der Waals surface area contributed by atoms with Gasteiger partial charge in [0.1, 0.15) is 17.7 Å². The number of hydrogen-bond donors (Lipinski definition) is 2. The van der Waals surface area contributed by atoms with Gasteiger partial charge in [0.25, 0.3) is 0 Å². The average molecular weight is 465 g/mol. The summed E-state index contributed by atoms with van der Waals surface area (Å²) in [6.45, 7) is 6.82. The van der Waals surface area contributed by atoms with E-state index in [9.17, 15) is 4.39 Å². The van der Waals surface area contributed by atoms with Crippen molar-refractivity contribution in [3.05, 3.63) is 54.1 Å². The van der Waals surface area contributed by atoms with Gasteiger partial charge in [-0.2, -0.15) is 10.1 Å². The van der Waals surface area contributed by atoms with Gasteiger partial charge in [0, 0.05) is 36.0 Å². The number of nitrogens with one attached hydrogen (secondary N) is 2. The van der Waals surface area contributed by atoms with E-state index in [4.69, 9.17) is 4.52 Å². The maximum atomic E-state index is 14.5. The molecule has 0 spiro atoms. The van der Waals surface area contributed by atoms with Crippen molar-refractivity contribution in [2.45, 2.75) is 45.2 Å². The van der Waals surface area contributed by atoms with E-state index in [1.165, 1.54) is 18.5 Å². The summed E-state index contributed by atoms with van der Waals surface area (Å²) in [4.78, 5) is 11.3. The van der Waals surface area contributed by atoms with Gasteiger partial charge >= 0.3 is 0 Å². The van der Waals surface area contributed by atoms with E-state index in [0.29, 0.717) is 34.8 Å². The molecule has 0 atom stereocenters. The first kappa shape index (κ1) is 22.4. The van der Waals surface area contributed by atoms with Crippen molar-refractivity contribution >= 4 is 17.0 Å². The fourth-order valence-corrected chi connectivity index (χ4v) is 4.37. The number of fused-ring (bicyclic) bond motifs is 1. The van der Waals surface area contributed by atoms with E-state index in [2.05, 4.69) is 41.8 Å². The van der Waals surface area contributed by atoms with Gasteiger partial charge in [-0.15, -0.1) is 0 Å². The highest BCUT2D eigenvalue weighted by atomic mass is 19.1. The predicted octanol–water partition coefficient (Wildman–Crippen LogP) is 3.97. The zero-order valence-corrected chi connectivity index (χ0v) is 19.6. The molecule has 4 heterocycles. The molecule has 0 amide bonds. The summed E-state index contributed by atoms with van der Waals surface area (Å²) in [6, 6.07) is 7.27. The first-order chi connectivity index (χ1) is 16.5. The number of anilines is 2. The van der Waals surface area contributed by atoms with Gasteiger partial charge in [-0.1, -0.05) is 19.0 Å². The van der Waals surface area contributed by atoms with E-state index in [1.54, 1.807) is 10.6 Å².